The lowest BCUT2D eigenvalue weighted by Crippen LogP contribution is -2.29. The van der Waals surface area contributed by atoms with Crippen LogP contribution in [0.3, 0.4) is 0 Å². The summed E-state index contributed by atoms with van der Waals surface area (Å²) in [5.41, 5.74) is 3.11. The first kappa shape index (κ1) is 20.5. The molecule has 4 rings (SSSR count). The number of carbonyl (C=O) groups is 1. The van der Waals surface area contributed by atoms with E-state index < -0.39 is 0 Å². The van der Waals surface area contributed by atoms with Gasteiger partial charge in [0.25, 0.3) is 0 Å². The summed E-state index contributed by atoms with van der Waals surface area (Å²) in [4.78, 5) is 16.5. The zero-order chi connectivity index (χ0) is 16.4. The monoisotopic (exact) mass is 395 g/mol. The molecule has 0 spiro atoms. The van der Waals surface area contributed by atoms with E-state index in [1.54, 1.807) is 0 Å². The van der Waals surface area contributed by atoms with Gasteiger partial charge in [-0.25, -0.2) is 4.98 Å². The van der Waals surface area contributed by atoms with Crippen molar-refractivity contribution in [2.45, 2.75) is 19.3 Å². The van der Waals surface area contributed by atoms with E-state index in [1.165, 1.54) is 18.4 Å². The number of carbonyl (C=O) groups excluding carboxylic acids is 1. The van der Waals surface area contributed by atoms with Crippen LogP contribution in [-0.4, -0.2) is 30.6 Å². The third kappa shape index (κ3) is 5.10. The summed E-state index contributed by atoms with van der Waals surface area (Å²) in [5, 5.41) is 6.05. The molecular weight excluding hydrogens is 373 g/mol. The van der Waals surface area contributed by atoms with E-state index in [0.717, 1.165) is 42.5 Å². The Balaban J connectivity index is 0.00000121. The third-order valence-corrected chi connectivity index (χ3v) is 4.42. The average molecular weight is 396 g/mol. The molecule has 0 atom stereocenters. The zero-order valence-corrected chi connectivity index (χ0v) is 16.0. The number of rotatable bonds is 6. The second-order valence-corrected chi connectivity index (χ2v) is 6.45. The topological polar surface area (TPSA) is 63.2 Å². The number of hydrogen-bond donors (Lipinski definition) is 2. The number of anilines is 1. The largest absolute Gasteiger partial charge is 0.493 e. The number of benzene rings is 1. The molecule has 0 saturated heterocycles. The molecule has 26 heavy (non-hydrogen) atoms. The number of hydrogen-bond acceptors (Lipinski definition) is 4. The van der Waals surface area contributed by atoms with Crippen LogP contribution in [0.1, 0.15) is 18.4 Å². The van der Waals surface area contributed by atoms with Crippen molar-refractivity contribution in [3.05, 3.63) is 42.0 Å². The molecule has 2 heterocycles. The SMILES string of the molecule is Cl.Cl.O=C(CNCC1CC1)Nc1cccc(-c2ccc3c(c2)CCO3)n1. The Labute approximate surface area is 165 Å². The second kappa shape index (κ2) is 9.21. The van der Waals surface area contributed by atoms with Gasteiger partial charge in [-0.1, -0.05) is 6.07 Å². The fourth-order valence-corrected chi connectivity index (χ4v) is 2.91. The van der Waals surface area contributed by atoms with Crippen LogP contribution in [0.5, 0.6) is 5.75 Å². The first-order valence-electron chi connectivity index (χ1n) is 8.52. The Kier molecular flexibility index (Phi) is 7.26. The molecule has 1 fully saturated rings. The minimum atomic E-state index is -0.0531. The summed E-state index contributed by atoms with van der Waals surface area (Å²) in [5.74, 6) is 2.26. The number of fused-ring (bicyclic) bond motifs is 1. The molecule has 1 aliphatic heterocycles. The number of nitrogens with one attached hydrogen (secondary N) is 2. The molecule has 1 amide bonds. The van der Waals surface area contributed by atoms with Gasteiger partial charge in [0.2, 0.25) is 5.91 Å². The van der Waals surface area contributed by atoms with Crippen LogP contribution >= 0.6 is 24.8 Å². The predicted octanol–water partition coefficient (Wildman–Crippen LogP) is 3.47. The minimum absolute atomic E-state index is 0. The molecule has 0 radical (unpaired) electrons. The number of ether oxygens (including phenoxy) is 1. The molecule has 1 saturated carbocycles. The molecule has 2 aliphatic rings. The van der Waals surface area contributed by atoms with Gasteiger partial charge >= 0.3 is 0 Å². The van der Waals surface area contributed by atoms with Crippen molar-refractivity contribution in [3.8, 4) is 17.0 Å². The zero-order valence-electron chi connectivity index (χ0n) is 14.4. The molecule has 0 bridgehead atoms. The van der Waals surface area contributed by atoms with E-state index in [0.29, 0.717) is 12.4 Å². The standard InChI is InChI=1S/C19H21N3O2.2ClH/c23-19(12-20-11-13-4-5-13)22-18-3-1-2-16(21-18)14-6-7-17-15(10-14)8-9-24-17;;/h1-3,6-7,10,13,20H,4-5,8-9,11-12H2,(H,21,22,23);2*1H. The molecule has 7 heteroatoms. The normalized spacial score (nSPS) is 14.5. The smallest absolute Gasteiger partial charge is 0.239 e. The quantitative estimate of drug-likeness (QED) is 0.785. The lowest BCUT2D eigenvalue weighted by molar-refractivity contribution is -0.115. The Morgan fingerprint density at radius 1 is 1.19 bits per heavy atom. The number of nitrogens with zero attached hydrogens (tertiary/aromatic N) is 1. The summed E-state index contributed by atoms with van der Waals surface area (Å²) < 4.78 is 5.54. The third-order valence-electron chi connectivity index (χ3n) is 4.42. The molecule has 1 aromatic carbocycles. The highest BCUT2D eigenvalue weighted by Gasteiger charge is 2.20. The molecule has 0 unspecified atom stereocenters. The maximum Gasteiger partial charge on any atom is 0.239 e. The van der Waals surface area contributed by atoms with Gasteiger partial charge in [0.05, 0.1) is 18.8 Å². The highest BCUT2D eigenvalue weighted by Crippen LogP contribution is 2.30. The van der Waals surface area contributed by atoms with Crippen molar-refractivity contribution >= 4 is 36.5 Å². The van der Waals surface area contributed by atoms with Gasteiger partial charge in [-0.2, -0.15) is 0 Å². The molecule has 2 aromatic rings. The summed E-state index contributed by atoms with van der Waals surface area (Å²) in [6, 6.07) is 11.8. The van der Waals surface area contributed by atoms with Crippen molar-refractivity contribution in [1.82, 2.24) is 10.3 Å². The Bertz CT molecular complexity index is 766. The van der Waals surface area contributed by atoms with Crippen LogP contribution < -0.4 is 15.4 Å². The van der Waals surface area contributed by atoms with Crippen molar-refractivity contribution in [3.63, 3.8) is 0 Å². The van der Waals surface area contributed by atoms with Crippen LogP contribution in [0.2, 0.25) is 0 Å². The lowest BCUT2D eigenvalue weighted by Gasteiger charge is -2.08. The van der Waals surface area contributed by atoms with Crippen LogP contribution in [0.25, 0.3) is 11.3 Å². The van der Waals surface area contributed by atoms with Crippen LogP contribution in [0, 0.1) is 5.92 Å². The molecule has 1 aliphatic carbocycles. The number of aromatic nitrogens is 1. The van der Waals surface area contributed by atoms with E-state index in [9.17, 15) is 4.79 Å². The van der Waals surface area contributed by atoms with Gasteiger partial charge in [-0.3, -0.25) is 4.79 Å². The van der Waals surface area contributed by atoms with E-state index in [-0.39, 0.29) is 30.7 Å². The second-order valence-electron chi connectivity index (χ2n) is 6.45. The highest BCUT2D eigenvalue weighted by atomic mass is 35.5. The maximum absolute atomic E-state index is 12.0. The van der Waals surface area contributed by atoms with Gasteiger partial charge in [0.1, 0.15) is 11.6 Å². The van der Waals surface area contributed by atoms with Gasteiger partial charge in [-0.05, 0) is 61.2 Å². The first-order valence-corrected chi connectivity index (χ1v) is 8.52. The van der Waals surface area contributed by atoms with Crippen LogP contribution in [0.15, 0.2) is 36.4 Å². The minimum Gasteiger partial charge on any atom is -0.493 e. The molecule has 5 nitrogen and oxygen atoms in total. The number of pyridine rings is 1. The highest BCUT2D eigenvalue weighted by molar-refractivity contribution is 5.91. The summed E-state index contributed by atoms with van der Waals surface area (Å²) in [7, 11) is 0. The van der Waals surface area contributed by atoms with Gasteiger partial charge < -0.3 is 15.4 Å². The van der Waals surface area contributed by atoms with Crippen molar-refractivity contribution in [2.75, 3.05) is 25.0 Å². The fraction of sp³-hybridized carbons (Fsp3) is 0.368. The van der Waals surface area contributed by atoms with E-state index in [2.05, 4.69) is 21.7 Å². The van der Waals surface area contributed by atoms with Crippen LogP contribution in [-0.2, 0) is 11.2 Å². The number of amides is 1. The maximum atomic E-state index is 12.0. The Morgan fingerprint density at radius 3 is 2.85 bits per heavy atom. The van der Waals surface area contributed by atoms with Crippen molar-refractivity contribution < 1.29 is 9.53 Å². The molecular formula is C19H23Cl2N3O2. The molecule has 1 aromatic heterocycles. The molecule has 2 N–H and O–H groups in total. The average Bonchev–Trinajstić information content (AvgIpc) is 3.29. The van der Waals surface area contributed by atoms with E-state index in [1.807, 2.05) is 30.3 Å². The summed E-state index contributed by atoms with van der Waals surface area (Å²) in [6.07, 6.45) is 3.50. The van der Waals surface area contributed by atoms with Crippen LogP contribution in [0.4, 0.5) is 5.82 Å². The fourth-order valence-electron chi connectivity index (χ4n) is 2.91. The van der Waals surface area contributed by atoms with Gasteiger partial charge in [0.15, 0.2) is 0 Å². The Morgan fingerprint density at radius 2 is 2.04 bits per heavy atom. The van der Waals surface area contributed by atoms with Gasteiger partial charge in [0, 0.05) is 12.0 Å². The lowest BCUT2D eigenvalue weighted by atomic mass is 10.1. The van der Waals surface area contributed by atoms with Crippen molar-refractivity contribution in [1.29, 1.82) is 0 Å². The summed E-state index contributed by atoms with van der Waals surface area (Å²) in [6.45, 7) is 2.01. The predicted molar refractivity (Wildman–Crippen MR) is 108 cm³/mol. The molecule has 140 valence electrons. The Hall–Kier alpha value is -1.82. The first-order chi connectivity index (χ1) is 11.8. The van der Waals surface area contributed by atoms with Crippen molar-refractivity contribution in [2.24, 2.45) is 5.92 Å². The summed E-state index contributed by atoms with van der Waals surface area (Å²) >= 11 is 0. The van der Waals surface area contributed by atoms with E-state index >= 15 is 0 Å². The van der Waals surface area contributed by atoms with E-state index in [4.69, 9.17) is 4.74 Å². The number of halogens is 2. The van der Waals surface area contributed by atoms with Gasteiger partial charge in [-0.15, -0.1) is 24.8 Å².